The largest absolute Gasteiger partial charge is 0.444 e. The topological polar surface area (TPSA) is 107 Å². The fraction of sp³-hybridized carbons (Fsp3) is 0.462. The first kappa shape index (κ1) is 14.3. The third kappa shape index (κ3) is 3.67. The number of nitro benzene ring substituents is 1. The van der Waals surface area contributed by atoms with Gasteiger partial charge in [0.1, 0.15) is 6.10 Å². The number of benzene rings is 1. The van der Waals surface area contributed by atoms with Gasteiger partial charge in [0.25, 0.3) is 5.69 Å². The summed E-state index contributed by atoms with van der Waals surface area (Å²) in [6.45, 7) is 0. The summed E-state index contributed by atoms with van der Waals surface area (Å²) in [7, 11) is 0. The van der Waals surface area contributed by atoms with E-state index in [1.807, 2.05) is 0 Å². The molecule has 2 rings (SSSR count). The molecule has 1 aliphatic rings. The summed E-state index contributed by atoms with van der Waals surface area (Å²) in [5.74, 6) is 0. The Labute approximate surface area is 116 Å². The predicted molar refractivity (Wildman–Crippen MR) is 73.4 cm³/mol. The second-order valence-electron chi connectivity index (χ2n) is 4.82. The highest BCUT2D eigenvalue weighted by atomic mass is 16.6. The number of hydrogen-bond donors (Lipinski definition) is 2. The highest BCUT2D eigenvalue weighted by Gasteiger charge is 2.25. The molecule has 7 nitrogen and oxygen atoms in total. The molecule has 1 amide bonds. The molecule has 2 unspecified atom stereocenters. The summed E-state index contributed by atoms with van der Waals surface area (Å²) in [6.07, 6.45) is 2.85. The number of nitrogens with two attached hydrogens (primary N) is 1. The van der Waals surface area contributed by atoms with Crippen LogP contribution in [-0.4, -0.2) is 23.2 Å². The third-order valence-electron chi connectivity index (χ3n) is 3.34. The molecule has 1 saturated carbocycles. The molecule has 1 fully saturated rings. The van der Waals surface area contributed by atoms with Gasteiger partial charge >= 0.3 is 6.09 Å². The number of hydrogen-bond acceptors (Lipinski definition) is 5. The number of anilines is 1. The van der Waals surface area contributed by atoms with E-state index in [9.17, 15) is 14.9 Å². The fourth-order valence-corrected chi connectivity index (χ4v) is 2.22. The van der Waals surface area contributed by atoms with Crippen molar-refractivity contribution < 1.29 is 14.5 Å². The highest BCUT2D eigenvalue weighted by Crippen LogP contribution is 2.21. The SMILES string of the molecule is NC1CCCCC1OC(=O)Nc1ccc([N+](=O)[O-])cc1. The van der Waals surface area contributed by atoms with E-state index in [1.54, 1.807) is 0 Å². The number of nitrogens with zero attached hydrogens (tertiary/aromatic N) is 1. The van der Waals surface area contributed by atoms with Gasteiger partial charge in [0, 0.05) is 23.9 Å². The molecule has 0 bridgehead atoms. The molecule has 1 aromatic rings. The smallest absolute Gasteiger partial charge is 0.411 e. The van der Waals surface area contributed by atoms with Gasteiger partial charge in [0.15, 0.2) is 0 Å². The second kappa shape index (κ2) is 6.33. The van der Waals surface area contributed by atoms with Gasteiger partial charge in [-0.3, -0.25) is 15.4 Å². The van der Waals surface area contributed by atoms with E-state index in [1.165, 1.54) is 24.3 Å². The molecule has 7 heteroatoms. The van der Waals surface area contributed by atoms with Gasteiger partial charge in [-0.1, -0.05) is 6.42 Å². The predicted octanol–water partition coefficient (Wildman–Crippen LogP) is 2.41. The van der Waals surface area contributed by atoms with Crippen molar-refractivity contribution >= 4 is 17.5 Å². The third-order valence-corrected chi connectivity index (χ3v) is 3.34. The van der Waals surface area contributed by atoms with Crippen molar-refractivity contribution in [1.82, 2.24) is 0 Å². The molecular formula is C13H17N3O4. The lowest BCUT2D eigenvalue weighted by atomic mass is 9.93. The summed E-state index contributed by atoms with van der Waals surface area (Å²) < 4.78 is 5.28. The highest BCUT2D eigenvalue weighted by molar-refractivity contribution is 5.84. The van der Waals surface area contributed by atoms with Crippen molar-refractivity contribution in [2.24, 2.45) is 5.73 Å². The van der Waals surface area contributed by atoms with Crippen LogP contribution in [0.3, 0.4) is 0 Å². The Balaban J connectivity index is 1.89. The van der Waals surface area contributed by atoms with Crippen molar-refractivity contribution in [2.75, 3.05) is 5.32 Å². The van der Waals surface area contributed by atoms with E-state index in [4.69, 9.17) is 10.5 Å². The van der Waals surface area contributed by atoms with E-state index < -0.39 is 11.0 Å². The number of carbonyl (C=O) groups excluding carboxylic acids is 1. The molecule has 3 N–H and O–H groups in total. The van der Waals surface area contributed by atoms with E-state index in [0.717, 1.165) is 25.7 Å². The summed E-state index contributed by atoms with van der Waals surface area (Å²) >= 11 is 0. The lowest BCUT2D eigenvalue weighted by Crippen LogP contribution is -2.41. The standard InChI is InChI=1S/C13H17N3O4/c14-11-3-1-2-4-12(11)20-13(17)15-9-5-7-10(8-6-9)16(18)19/h5-8,11-12H,1-4,14H2,(H,15,17). The molecule has 1 aromatic carbocycles. The Morgan fingerprint density at radius 1 is 1.30 bits per heavy atom. The molecule has 2 atom stereocenters. The maximum Gasteiger partial charge on any atom is 0.411 e. The minimum Gasteiger partial charge on any atom is -0.444 e. The quantitative estimate of drug-likeness (QED) is 0.652. The Morgan fingerprint density at radius 2 is 1.95 bits per heavy atom. The maximum absolute atomic E-state index is 11.7. The minimum atomic E-state index is -0.582. The van der Waals surface area contributed by atoms with Crippen LogP contribution in [-0.2, 0) is 4.74 Å². The molecule has 0 radical (unpaired) electrons. The Morgan fingerprint density at radius 3 is 2.55 bits per heavy atom. The second-order valence-corrected chi connectivity index (χ2v) is 4.82. The van der Waals surface area contributed by atoms with Crippen LogP contribution in [0.2, 0.25) is 0 Å². The zero-order chi connectivity index (χ0) is 14.5. The summed E-state index contributed by atoms with van der Waals surface area (Å²) in [5, 5.41) is 13.0. The molecule has 0 spiro atoms. The average Bonchev–Trinajstić information content (AvgIpc) is 2.42. The van der Waals surface area contributed by atoms with Gasteiger partial charge < -0.3 is 10.5 Å². The van der Waals surface area contributed by atoms with Crippen LogP contribution in [0.15, 0.2) is 24.3 Å². The molecule has 0 aliphatic heterocycles. The van der Waals surface area contributed by atoms with E-state index in [2.05, 4.69) is 5.32 Å². The van der Waals surface area contributed by atoms with Crippen molar-refractivity contribution in [1.29, 1.82) is 0 Å². The van der Waals surface area contributed by atoms with Crippen LogP contribution >= 0.6 is 0 Å². The lowest BCUT2D eigenvalue weighted by molar-refractivity contribution is -0.384. The van der Waals surface area contributed by atoms with Crippen molar-refractivity contribution in [2.45, 2.75) is 37.8 Å². The summed E-state index contributed by atoms with van der Waals surface area (Å²) in [6, 6.07) is 5.44. The van der Waals surface area contributed by atoms with Crippen molar-refractivity contribution in [3.8, 4) is 0 Å². The van der Waals surface area contributed by atoms with Gasteiger partial charge in [-0.05, 0) is 31.4 Å². The normalized spacial score (nSPS) is 22.1. The molecule has 1 aliphatic carbocycles. The molecule has 0 saturated heterocycles. The van der Waals surface area contributed by atoms with Gasteiger partial charge in [-0.25, -0.2) is 4.79 Å². The van der Waals surface area contributed by atoms with E-state index in [-0.39, 0.29) is 17.8 Å². The van der Waals surface area contributed by atoms with Crippen molar-refractivity contribution in [3.05, 3.63) is 34.4 Å². The summed E-state index contributed by atoms with van der Waals surface area (Å²) in [4.78, 5) is 21.7. The first-order valence-electron chi connectivity index (χ1n) is 6.54. The molecule has 20 heavy (non-hydrogen) atoms. The molecule has 0 aromatic heterocycles. The van der Waals surface area contributed by atoms with Crippen LogP contribution in [0.25, 0.3) is 0 Å². The number of nitro groups is 1. The summed E-state index contributed by atoms with van der Waals surface area (Å²) in [5.41, 5.74) is 6.31. The van der Waals surface area contributed by atoms with Gasteiger partial charge in [0.2, 0.25) is 0 Å². The number of amides is 1. The monoisotopic (exact) mass is 279 g/mol. The van der Waals surface area contributed by atoms with Crippen LogP contribution in [0.5, 0.6) is 0 Å². The lowest BCUT2D eigenvalue weighted by Gasteiger charge is -2.28. The van der Waals surface area contributed by atoms with E-state index >= 15 is 0 Å². The van der Waals surface area contributed by atoms with Gasteiger partial charge in [-0.2, -0.15) is 0 Å². The number of non-ortho nitro benzene ring substituents is 1. The van der Waals surface area contributed by atoms with Crippen LogP contribution in [0.4, 0.5) is 16.2 Å². The zero-order valence-electron chi connectivity index (χ0n) is 11.0. The number of nitrogens with one attached hydrogen (secondary N) is 1. The first-order valence-corrected chi connectivity index (χ1v) is 6.54. The molecule has 0 heterocycles. The maximum atomic E-state index is 11.7. The zero-order valence-corrected chi connectivity index (χ0v) is 11.0. The van der Waals surface area contributed by atoms with Gasteiger partial charge in [-0.15, -0.1) is 0 Å². The van der Waals surface area contributed by atoms with Crippen LogP contribution in [0, 0.1) is 10.1 Å². The first-order chi connectivity index (χ1) is 9.56. The fourth-order valence-electron chi connectivity index (χ4n) is 2.22. The Bertz CT molecular complexity index is 489. The Kier molecular flexibility index (Phi) is 4.52. The van der Waals surface area contributed by atoms with Crippen LogP contribution in [0.1, 0.15) is 25.7 Å². The number of carbonyl (C=O) groups is 1. The Hall–Kier alpha value is -2.15. The van der Waals surface area contributed by atoms with Crippen molar-refractivity contribution in [3.63, 3.8) is 0 Å². The number of rotatable bonds is 3. The average molecular weight is 279 g/mol. The van der Waals surface area contributed by atoms with E-state index in [0.29, 0.717) is 5.69 Å². The molecule has 108 valence electrons. The number of ether oxygens (including phenoxy) is 1. The van der Waals surface area contributed by atoms with Crippen LogP contribution < -0.4 is 11.1 Å². The van der Waals surface area contributed by atoms with Gasteiger partial charge in [0.05, 0.1) is 4.92 Å². The molecular weight excluding hydrogens is 262 g/mol. The minimum absolute atomic E-state index is 0.0294.